The Bertz CT molecular complexity index is 938. The molecule has 0 aliphatic rings. The summed E-state index contributed by atoms with van der Waals surface area (Å²) >= 11 is 0. The standard InChI is InChI=1S/C27H43N3O6/c1-11-19(6)30(25(33)22(16(2)3)29-26(34)36-27(7,8)9)23(24(32)28-15-21(31)35-10)20-14-17(4)12-13-18(20)5/h12-14,16,19,22-23H,11,15H2,1-10H3,(H,28,32)(H,29,34). The van der Waals surface area contributed by atoms with Gasteiger partial charge in [0.25, 0.3) is 0 Å². The van der Waals surface area contributed by atoms with Gasteiger partial charge in [-0.1, -0.05) is 44.5 Å². The van der Waals surface area contributed by atoms with E-state index < -0.39 is 41.6 Å². The third-order valence-corrected chi connectivity index (χ3v) is 5.82. The predicted octanol–water partition coefficient (Wildman–Crippen LogP) is 3.81. The molecule has 0 aliphatic carbocycles. The van der Waals surface area contributed by atoms with Crippen LogP contribution in [0.4, 0.5) is 4.79 Å². The molecule has 0 aromatic heterocycles. The van der Waals surface area contributed by atoms with Crippen molar-refractivity contribution in [1.82, 2.24) is 15.5 Å². The van der Waals surface area contributed by atoms with Gasteiger partial charge in [0.05, 0.1) is 7.11 Å². The minimum Gasteiger partial charge on any atom is -0.468 e. The maximum absolute atomic E-state index is 14.1. The zero-order valence-corrected chi connectivity index (χ0v) is 23.4. The molecule has 1 rings (SSSR count). The molecule has 9 nitrogen and oxygen atoms in total. The van der Waals surface area contributed by atoms with E-state index in [4.69, 9.17) is 4.74 Å². The van der Waals surface area contributed by atoms with Crippen LogP contribution in [-0.2, 0) is 23.9 Å². The Balaban J connectivity index is 3.59. The predicted molar refractivity (Wildman–Crippen MR) is 138 cm³/mol. The third-order valence-electron chi connectivity index (χ3n) is 5.82. The van der Waals surface area contributed by atoms with Crippen LogP contribution in [0.2, 0.25) is 0 Å². The maximum atomic E-state index is 14.1. The molecule has 2 N–H and O–H groups in total. The molecular formula is C27H43N3O6. The van der Waals surface area contributed by atoms with E-state index in [1.54, 1.807) is 20.8 Å². The van der Waals surface area contributed by atoms with Gasteiger partial charge in [-0.2, -0.15) is 0 Å². The summed E-state index contributed by atoms with van der Waals surface area (Å²) in [5.41, 5.74) is 1.65. The number of benzene rings is 1. The first-order chi connectivity index (χ1) is 16.6. The fourth-order valence-electron chi connectivity index (χ4n) is 3.70. The van der Waals surface area contributed by atoms with E-state index >= 15 is 0 Å². The molecule has 36 heavy (non-hydrogen) atoms. The molecule has 3 amide bonds. The zero-order chi connectivity index (χ0) is 27.8. The van der Waals surface area contributed by atoms with Crippen LogP contribution < -0.4 is 10.6 Å². The lowest BCUT2D eigenvalue weighted by Gasteiger charge is -2.39. The number of nitrogens with one attached hydrogen (secondary N) is 2. The molecule has 0 saturated carbocycles. The van der Waals surface area contributed by atoms with Crippen molar-refractivity contribution in [3.63, 3.8) is 0 Å². The van der Waals surface area contributed by atoms with E-state index in [1.807, 2.05) is 59.7 Å². The van der Waals surface area contributed by atoms with Crippen LogP contribution in [0, 0.1) is 19.8 Å². The van der Waals surface area contributed by atoms with Gasteiger partial charge in [-0.05, 0) is 65.0 Å². The van der Waals surface area contributed by atoms with Crippen LogP contribution in [0.3, 0.4) is 0 Å². The van der Waals surface area contributed by atoms with Crippen LogP contribution in [0.5, 0.6) is 0 Å². The molecular weight excluding hydrogens is 462 g/mol. The number of rotatable bonds is 10. The molecule has 3 unspecified atom stereocenters. The van der Waals surface area contributed by atoms with E-state index in [1.165, 1.54) is 12.0 Å². The van der Waals surface area contributed by atoms with Gasteiger partial charge < -0.3 is 25.0 Å². The van der Waals surface area contributed by atoms with Gasteiger partial charge in [0.2, 0.25) is 11.8 Å². The van der Waals surface area contributed by atoms with Crippen molar-refractivity contribution in [3.8, 4) is 0 Å². The fraction of sp³-hybridized carbons (Fsp3) is 0.630. The Morgan fingerprint density at radius 3 is 2.17 bits per heavy atom. The monoisotopic (exact) mass is 505 g/mol. The summed E-state index contributed by atoms with van der Waals surface area (Å²) in [6, 6.07) is 3.37. The number of carbonyl (C=O) groups excluding carboxylic acids is 4. The van der Waals surface area contributed by atoms with Crippen molar-refractivity contribution >= 4 is 23.9 Å². The average Bonchev–Trinajstić information content (AvgIpc) is 2.78. The highest BCUT2D eigenvalue weighted by Gasteiger charge is 2.40. The number of carbonyl (C=O) groups is 4. The second kappa shape index (κ2) is 13.3. The van der Waals surface area contributed by atoms with Gasteiger partial charge in [0, 0.05) is 6.04 Å². The van der Waals surface area contributed by atoms with E-state index in [2.05, 4.69) is 15.4 Å². The lowest BCUT2D eigenvalue weighted by Crippen LogP contribution is -2.57. The highest BCUT2D eigenvalue weighted by Crippen LogP contribution is 2.30. The maximum Gasteiger partial charge on any atom is 0.408 e. The minimum absolute atomic E-state index is 0.283. The summed E-state index contributed by atoms with van der Waals surface area (Å²) in [5.74, 6) is -1.81. The number of aryl methyl sites for hydroxylation is 2. The van der Waals surface area contributed by atoms with Gasteiger partial charge in [0.15, 0.2) is 0 Å². The van der Waals surface area contributed by atoms with E-state index in [9.17, 15) is 19.2 Å². The van der Waals surface area contributed by atoms with Crippen molar-refractivity contribution in [3.05, 3.63) is 34.9 Å². The largest absolute Gasteiger partial charge is 0.468 e. The number of amides is 3. The summed E-state index contributed by atoms with van der Waals surface area (Å²) in [4.78, 5) is 53.5. The lowest BCUT2D eigenvalue weighted by molar-refractivity contribution is -0.147. The van der Waals surface area contributed by atoms with Crippen LogP contribution in [0.15, 0.2) is 18.2 Å². The summed E-state index contributed by atoms with van der Waals surface area (Å²) in [6.07, 6.45) is -0.147. The zero-order valence-electron chi connectivity index (χ0n) is 23.4. The van der Waals surface area contributed by atoms with Gasteiger partial charge in [-0.15, -0.1) is 0 Å². The quantitative estimate of drug-likeness (QED) is 0.468. The van der Waals surface area contributed by atoms with Crippen molar-refractivity contribution < 1.29 is 28.7 Å². The second-order valence-corrected chi connectivity index (χ2v) is 10.4. The molecule has 0 heterocycles. The fourth-order valence-corrected chi connectivity index (χ4v) is 3.70. The Morgan fingerprint density at radius 2 is 1.67 bits per heavy atom. The van der Waals surface area contributed by atoms with Crippen molar-refractivity contribution in [2.45, 2.75) is 92.5 Å². The van der Waals surface area contributed by atoms with Crippen molar-refractivity contribution in [2.24, 2.45) is 5.92 Å². The van der Waals surface area contributed by atoms with Crippen LogP contribution in [0.1, 0.15) is 77.6 Å². The van der Waals surface area contributed by atoms with Gasteiger partial charge in [-0.25, -0.2) is 4.79 Å². The molecule has 0 bridgehead atoms. The average molecular weight is 506 g/mol. The van der Waals surface area contributed by atoms with E-state index in [0.29, 0.717) is 12.0 Å². The van der Waals surface area contributed by atoms with Crippen molar-refractivity contribution in [1.29, 1.82) is 0 Å². The van der Waals surface area contributed by atoms with Crippen LogP contribution in [0.25, 0.3) is 0 Å². The molecule has 0 radical (unpaired) electrons. The number of methoxy groups -OCH3 is 1. The first kappa shape index (κ1) is 30.9. The Labute approximate surface area is 215 Å². The summed E-state index contributed by atoms with van der Waals surface area (Å²) < 4.78 is 10.1. The molecule has 0 fully saturated rings. The van der Waals surface area contributed by atoms with Gasteiger partial charge in [0.1, 0.15) is 24.2 Å². The minimum atomic E-state index is -1.03. The van der Waals surface area contributed by atoms with Crippen molar-refractivity contribution in [2.75, 3.05) is 13.7 Å². The van der Waals surface area contributed by atoms with E-state index in [0.717, 1.165) is 11.1 Å². The number of ether oxygens (including phenoxy) is 2. The van der Waals surface area contributed by atoms with E-state index in [-0.39, 0.29) is 18.5 Å². The van der Waals surface area contributed by atoms with Gasteiger partial charge >= 0.3 is 12.1 Å². The number of esters is 1. The summed E-state index contributed by atoms with van der Waals surface area (Å²) in [7, 11) is 1.24. The summed E-state index contributed by atoms with van der Waals surface area (Å²) in [5, 5.41) is 5.32. The number of nitrogens with zero attached hydrogens (tertiary/aromatic N) is 1. The molecule has 1 aromatic carbocycles. The van der Waals surface area contributed by atoms with Crippen LogP contribution >= 0.6 is 0 Å². The Hall–Kier alpha value is -3.10. The normalized spacial score (nSPS) is 13.9. The molecule has 202 valence electrons. The summed E-state index contributed by atoms with van der Waals surface area (Å²) in [6.45, 7) is 16.1. The number of hydrogen-bond donors (Lipinski definition) is 2. The SMILES string of the molecule is CCC(C)N(C(=O)C(NC(=O)OC(C)(C)C)C(C)C)C(C(=O)NCC(=O)OC)c1cc(C)ccc1C. The Kier molecular flexibility index (Phi) is 11.4. The van der Waals surface area contributed by atoms with Gasteiger partial charge in [-0.3, -0.25) is 14.4 Å². The van der Waals surface area contributed by atoms with Crippen LogP contribution in [-0.4, -0.2) is 60.1 Å². The molecule has 0 spiro atoms. The smallest absolute Gasteiger partial charge is 0.408 e. The molecule has 9 heteroatoms. The number of alkyl carbamates (subject to hydrolysis) is 1. The first-order valence-electron chi connectivity index (χ1n) is 12.4. The molecule has 0 aliphatic heterocycles. The lowest BCUT2D eigenvalue weighted by atomic mass is 9.93. The molecule has 1 aromatic rings. The second-order valence-electron chi connectivity index (χ2n) is 10.4. The number of hydrogen-bond acceptors (Lipinski definition) is 6. The topological polar surface area (TPSA) is 114 Å². The first-order valence-corrected chi connectivity index (χ1v) is 12.4. The molecule has 0 saturated heterocycles. The third kappa shape index (κ3) is 8.84. The highest BCUT2D eigenvalue weighted by molar-refractivity contribution is 5.93. The molecule has 3 atom stereocenters. The Morgan fingerprint density at radius 1 is 1.06 bits per heavy atom. The highest BCUT2D eigenvalue weighted by atomic mass is 16.6.